The van der Waals surface area contributed by atoms with Gasteiger partial charge < -0.3 is 0 Å². The molecule has 0 spiro atoms. The monoisotopic (exact) mass is 375 g/mol. The molecule has 2 aromatic rings. The fourth-order valence-electron chi connectivity index (χ4n) is 2.96. The molecule has 0 heterocycles. The number of carbonyl (C=O) groups excluding carboxylic acids is 2. The van der Waals surface area contributed by atoms with Crippen LogP contribution in [0.25, 0.3) is 0 Å². The maximum absolute atomic E-state index is 12.9. The molecule has 0 saturated heterocycles. The maximum atomic E-state index is 12.9. The molecule has 1 fully saturated rings. The predicted molar refractivity (Wildman–Crippen MR) is 101 cm³/mol. The van der Waals surface area contributed by atoms with Crippen molar-refractivity contribution >= 4 is 40.7 Å². The molecular formula is C20H19Cl2NO2. The minimum absolute atomic E-state index is 0.143. The molecule has 3 rings (SSSR count). The van der Waals surface area contributed by atoms with E-state index in [1.54, 1.807) is 18.2 Å². The molecule has 25 heavy (non-hydrogen) atoms. The Labute approximate surface area is 157 Å². The quantitative estimate of drug-likeness (QED) is 0.731. The topological polar surface area (TPSA) is 37.4 Å². The molecule has 0 atom stereocenters. The first-order valence-electron chi connectivity index (χ1n) is 8.31. The van der Waals surface area contributed by atoms with Gasteiger partial charge in [-0.05, 0) is 48.4 Å². The number of rotatable bonds is 5. The van der Waals surface area contributed by atoms with Gasteiger partial charge in [0.1, 0.15) is 0 Å². The highest BCUT2D eigenvalue weighted by Crippen LogP contribution is 2.35. The lowest BCUT2D eigenvalue weighted by molar-refractivity contribution is -0.125. The van der Waals surface area contributed by atoms with Crippen molar-refractivity contribution in [2.75, 3.05) is 4.90 Å². The summed E-state index contributed by atoms with van der Waals surface area (Å²) in [6.45, 7) is 1.34. The second kappa shape index (κ2) is 7.59. The Bertz CT molecular complexity index is 795. The van der Waals surface area contributed by atoms with Crippen molar-refractivity contribution in [3.05, 3.63) is 63.6 Å². The van der Waals surface area contributed by atoms with Crippen molar-refractivity contribution in [3.8, 4) is 0 Å². The number of anilines is 1. The largest absolute Gasteiger partial charge is 0.274 e. The van der Waals surface area contributed by atoms with Crippen LogP contribution in [0, 0.1) is 5.92 Å². The zero-order valence-corrected chi connectivity index (χ0v) is 15.5. The lowest BCUT2D eigenvalue weighted by atomic mass is 9.99. The highest BCUT2D eigenvalue weighted by atomic mass is 35.5. The third kappa shape index (κ3) is 4.23. The normalized spacial score (nSPS) is 13.6. The Morgan fingerprint density at radius 2 is 1.60 bits per heavy atom. The average Bonchev–Trinajstić information content (AvgIpc) is 3.36. The van der Waals surface area contributed by atoms with Crippen LogP contribution in [0.4, 0.5) is 5.69 Å². The second-order valence-corrected chi connectivity index (χ2v) is 7.23. The van der Waals surface area contributed by atoms with Crippen LogP contribution in [0.1, 0.15) is 30.9 Å². The van der Waals surface area contributed by atoms with Gasteiger partial charge in [-0.3, -0.25) is 9.59 Å². The predicted octanol–water partition coefficient (Wildman–Crippen LogP) is 5.07. The van der Waals surface area contributed by atoms with E-state index in [-0.39, 0.29) is 28.1 Å². The van der Waals surface area contributed by atoms with Gasteiger partial charge in [0.2, 0.25) is 11.8 Å². The molecule has 3 nitrogen and oxygen atoms in total. The summed E-state index contributed by atoms with van der Waals surface area (Å²) in [4.78, 5) is 26.1. The molecule has 1 aliphatic rings. The number of para-hydroxylation sites is 1. The Kier molecular flexibility index (Phi) is 5.45. The molecular weight excluding hydrogens is 357 g/mol. The van der Waals surface area contributed by atoms with Gasteiger partial charge in [-0.15, -0.1) is 0 Å². The van der Waals surface area contributed by atoms with Crippen LogP contribution in [0.3, 0.4) is 0 Å². The fraction of sp³-hybridized carbons (Fsp3) is 0.300. The van der Waals surface area contributed by atoms with Crippen molar-refractivity contribution in [2.24, 2.45) is 5.92 Å². The molecule has 0 aliphatic heterocycles. The minimum Gasteiger partial charge on any atom is -0.274 e. The number of hydrogen-bond donors (Lipinski definition) is 0. The molecule has 0 bridgehead atoms. The summed E-state index contributed by atoms with van der Waals surface area (Å²) in [7, 11) is 0. The van der Waals surface area contributed by atoms with Gasteiger partial charge in [0, 0.05) is 6.92 Å². The van der Waals surface area contributed by atoms with Gasteiger partial charge in [0.15, 0.2) is 0 Å². The molecule has 2 aromatic carbocycles. The molecule has 130 valence electrons. The van der Waals surface area contributed by atoms with Crippen LogP contribution in [0.15, 0.2) is 42.5 Å². The van der Waals surface area contributed by atoms with Gasteiger partial charge >= 0.3 is 0 Å². The molecule has 0 radical (unpaired) electrons. The highest BCUT2D eigenvalue weighted by Gasteiger charge is 2.27. The van der Waals surface area contributed by atoms with Crippen molar-refractivity contribution < 1.29 is 9.59 Å². The van der Waals surface area contributed by atoms with Gasteiger partial charge in [0.05, 0.1) is 22.2 Å². The van der Waals surface area contributed by atoms with E-state index < -0.39 is 5.91 Å². The molecule has 0 N–H and O–H groups in total. The Hall–Kier alpha value is -1.84. The number of hydrogen-bond acceptors (Lipinski definition) is 2. The summed E-state index contributed by atoms with van der Waals surface area (Å²) >= 11 is 12.4. The average molecular weight is 376 g/mol. The van der Waals surface area contributed by atoms with E-state index in [0.717, 1.165) is 22.8 Å². The van der Waals surface area contributed by atoms with E-state index in [9.17, 15) is 9.59 Å². The fourth-order valence-corrected chi connectivity index (χ4v) is 3.53. The van der Waals surface area contributed by atoms with Crippen molar-refractivity contribution in [2.45, 2.75) is 32.6 Å². The Morgan fingerprint density at radius 3 is 2.16 bits per heavy atom. The molecule has 2 amide bonds. The standard InChI is InChI=1S/C20H19Cl2NO2/c1-13(24)23(20-17(21)7-4-8-18(20)22)19(25)12-16-6-3-2-5-15(16)11-14-9-10-14/h2-8,14H,9-12H2,1H3. The van der Waals surface area contributed by atoms with E-state index in [1.807, 2.05) is 18.2 Å². The van der Waals surface area contributed by atoms with Crippen LogP contribution < -0.4 is 4.90 Å². The summed E-state index contributed by atoms with van der Waals surface area (Å²) in [5.74, 6) is -0.0106. The van der Waals surface area contributed by atoms with Gasteiger partial charge in [-0.25, -0.2) is 4.90 Å². The third-order valence-corrected chi connectivity index (χ3v) is 5.00. The van der Waals surface area contributed by atoms with Crippen LogP contribution in [0.2, 0.25) is 10.0 Å². The number of benzene rings is 2. The Balaban J connectivity index is 1.89. The number of carbonyl (C=O) groups is 2. The van der Waals surface area contributed by atoms with Crippen LogP contribution in [0.5, 0.6) is 0 Å². The number of nitrogens with zero attached hydrogens (tertiary/aromatic N) is 1. The summed E-state index contributed by atoms with van der Waals surface area (Å²) in [5, 5.41) is 0.560. The molecule has 1 aliphatic carbocycles. The smallest absolute Gasteiger partial charge is 0.238 e. The summed E-state index contributed by atoms with van der Waals surface area (Å²) in [6.07, 6.45) is 3.62. The number of amides is 2. The van der Waals surface area contributed by atoms with E-state index in [1.165, 1.54) is 25.3 Å². The molecule has 5 heteroatoms. The summed E-state index contributed by atoms with van der Waals surface area (Å²) in [5.41, 5.74) is 2.38. The van der Waals surface area contributed by atoms with E-state index >= 15 is 0 Å². The second-order valence-electron chi connectivity index (χ2n) is 6.41. The zero-order valence-electron chi connectivity index (χ0n) is 14.0. The van der Waals surface area contributed by atoms with Crippen molar-refractivity contribution in [1.29, 1.82) is 0 Å². The lowest BCUT2D eigenvalue weighted by Crippen LogP contribution is -2.37. The zero-order chi connectivity index (χ0) is 18.0. The summed E-state index contributed by atoms with van der Waals surface area (Å²) in [6, 6.07) is 12.8. The lowest BCUT2D eigenvalue weighted by Gasteiger charge is -2.22. The van der Waals surface area contributed by atoms with Crippen molar-refractivity contribution in [1.82, 2.24) is 0 Å². The molecule has 0 aromatic heterocycles. The van der Waals surface area contributed by atoms with Crippen LogP contribution in [-0.4, -0.2) is 11.8 Å². The van der Waals surface area contributed by atoms with Crippen LogP contribution in [-0.2, 0) is 22.4 Å². The van der Waals surface area contributed by atoms with Gasteiger partial charge in [0.25, 0.3) is 0 Å². The van der Waals surface area contributed by atoms with Crippen molar-refractivity contribution in [3.63, 3.8) is 0 Å². The molecule has 1 saturated carbocycles. The number of halogens is 2. The van der Waals surface area contributed by atoms with E-state index in [0.29, 0.717) is 0 Å². The molecule has 0 unspecified atom stereocenters. The van der Waals surface area contributed by atoms with Crippen LogP contribution >= 0.6 is 23.2 Å². The van der Waals surface area contributed by atoms with Gasteiger partial charge in [-0.2, -0.15) is 0 Å². The third-order valence-electron chi connectivity index (χ3n) is 4.39. The first-order chi connectivity index (χ1) is 12.0. The Morgan fingerprint density at radius 1 is 1.00 bits per heavy atom. The first kappa shape index (κ1) is 18.0. The first-order valence-corrected chi connectivity index (χ1v) is 9.07. The maximum Gasteiger partial charge on any atom is 0.238 e. The highest BCUT2D eigenvalue weighted by molar-refractivity contribution is 6.41. The number of imide groups is 1. The summed E-state index contributed by atoms with van der Waals surface area (Å²) < 4.78 is 0. The van der Waals surface area contributed by atoms with E-state index in [4.69, 9.17) is 23.2 Å². The SMILES string of the molecule is CC(=O)N(C(=O)Cc1ccccc1CC1CC1)c1c(Cl)cccc1Cl. The minimum atomic E-state index is -0.403. The van der Waals surface area contributed by atoms with E-state index in [2.05, 4.69) is 6.07 Å². The van der Waals surface area contributed by atoms with Gasteiger partial charge in [-0.1, -0.05) is 53.5 Å².